The highest BCUT2D eigenvalue weighted by Gasteiger charge is 2.33. The Hall–Kier alpha value is -2.47. The van der Waals surface area contributed by atoms with E-state index in [9.17, 15) is 9.18 Å². The minimum absolute atomic E-state index is 0.0848. The van der Waals surface area contributed by atoms with Gasteiger partial charge in [-0.1, -0.05) is 18.2 Å². The van der Waals surface area contributed by atoms with Gasteiger partial charge in [-0.25, -0.2) is 4.39 Å². The predicted molar refractivity (Wildman–Crippen MR) is 96.6 cm³/mol. The van der Waals surface area contributed by atoms with Crippen molar-refractivity contribution in [3.8, 4) is 0 Å². The van der Waals surface area contributed by atoms with Gasteiger partial charge in [0.2, 0.25) is 0 Å². The zero-order valence-electron chi connectivity index (χ0n) is 14.6. The number of hydrogen-bond donors (Lipinski definition) is 0. The van der Waals surface area contributed by atoms with E-state index < -0.39 is 0 Å². The average molecular weight is 355 g/mol. The molecule has 0 N–H and O–H groups in total. The largest absolute Gasteiger partial charge is 0.378 e. The molecular weight excluding hydrogens is 333 g/mol. The van der Waals surface area contributed by atoms with E-state index in [0.717, 1.165) is 31.6 Å². The van der Waals surface area contributed by atoms with Crippen LogP contribution >= 0.6 is 0 Å². The quantitative estimate of drug-likeness (QED) is 0.827. The average Bonchev–Trinajstić information content (AvgIpc) is 3.53. The van der Waals surface area contributed by atoms with Crippen LogP contribution in [0.5, 0.6) is 0 Å². The maximum absolute atomic E-state index is 14.0. The third-order valence-corrected chi connectivity index (χ3v) is 4.89. The Morgan fingerprint density at radius 1 is 1.23 bits per heavy atom. The summed E-state index contributed by atoms with van der Waals surface area (Å²) in [6.45, 7) is 3.24. The van der Waals surface area contributed by atoms with Gasteiger partial charge in [0.25, 0.3) is 5.91 Å². The molecule has 4 rings (SSSR count). The highest BCUT2D eigenvalue weighted by atomic mass is 19.1. The number of pyridine rings is 1. The van der Waals surface area contributed by atoms with Crippen molar-refractivity contribution in [2.75, 3.05) is 31.2 Å². The molecule has 136 valence electrons. The van der Waals surface area contributed by atoms with Gasteiger partial charge in [0.05, 0.1) is 30.7 Å². The van der Waals surface area contributed by atoms with Crippen LogP contribution in [0, 0.1) is 5.82 Å². The summed E-state index contributed by atoms with van der Waals surface area (Å²) in [6.07, 6.45) is 5.32. The van der Waals surface area contributed by atoms with Crippen LogP contribution in [-0.2, 0) is 11.3 Å². The Kier molecular flexibility index (Phi) is 4.84. The predicted octanol–water partition coefficient (Wildman–Crippen LogP) is 2.86. The molecule has 1 aliphatic heterocycles. The Balaban J connectivity index is 1.55. The van der Waals surface area contributed by atoms with E-state index in [4.69, 9.17) is 4.74 Å². The summed E-state index contributed by atoms with van der Waals surface area (Å²) in [7, 11) is 0. The highest BCUT2D eigenvalue weighted by molar-refractivity contribution is 5.95. The maximum Gasteiger partial charge on any atom is 0.256 e. The molecule has 2 heterocycles. The van der Waals surface area contributed by atoms with Crippen molar-refractivity contribution >= 4 is 11.6 Å². The lowest BCUT2D eigenvalue weighted by Gasteiger charge is -2.29. The number of morpholine rings is 1. The number of hydrogen-bond acceptors (Lipinski definition) is 4. The number of aromatic nitrogens is 1. The maximum atomic E-state index is 14.0. The van der Waals surface area contributed by atoms with Crippen LogP contribution in [0.2, 0.25) is 0 Å². The molecule has 1 amide bonds. The van der Waals surface area contributed by atoms with Crippen LogP contribution in [0.3, 0.4) is 0 Å². The summed E-state index contributed by atoms with van der Waals surface area (Å²) in [5.74, 6) is -0.357. The molecule has 26 heavy (non-hydrogen) atoms. The molecule has 0 spiro atoms. The fraction of sp³-hybridized carbons (Fsp3) is 0.400. The number of ether oxygens (including phenoxy) is 1. The van der Waals surface area contributed by atoms with Gasteiger partial charge in [0, 0.05) is 37.4 Å². The molecule has 0 radical (unpaired) electrons. The lowest BCUT2D eigenvalue weighted by Crippen LogP contribution is -2.37. The summed E-state index contributed by atoms with van der Waals surface area (Å²) in [5.41, 5.74) is 2.03. The summed E-state index contributed by atoms with van der Waals surface area (Å²) in [5, 5.41) is 0. The fourth-order valence-electron chi connectivity index (χ4n) is 3.27. The van der Waals surface area contributed by atoms with Gasteiger partial charge in [-0.2, -0.15) is 0 Å². The molecule has 1 aliphatic carbocycles. The van der Waals surface area contributed by atoms with Gasteiger partial charge in [-0.3, -0.25) is 9.78 Å². The summed E-state index contributed by atoms with van der Waals surface area (Å²) in [4.78, 5) is 21.3. The van der Waals surface area contributed by atoms with E-state index in [1.807, 2.05) is 6.07 Å². The summed E-state index contributed by atoms with van der Waals surface area (Å²) < 4.78 is 19.4. The number of rotatable bonds is 5. The second kappa shape index (κ2) is 7.41. The van der Waals surface area contributed by atoms with Gasteiger partial charge < -0.3 is 14.5 Å². The Bertz CT molecular complexity index is 788. The van der Waals surface area contributed by atoms with Gasteiger partial charge >= 0.3 is 0 Å². The van der Waals surface area contributed by atoms with E-state index in [-0.39, 0.29) is 24.3 Å². The molecule has 2 fully saturated rings. The second-order valence-electron chi connectivity index (χ2n) is 6.79. The van der Waals surface area contributed by atoms with Crippen molar-refractivity contribution in [3.05, 3.63) is 59.7 Å². The molecule has 0 bridgehead atoms. The molecule has 0 atom stereocenters. The smallest absolute Gasteiger partial charge is 0.256 e. The first-order valence-corrected chi connectivity index (χ1v) is 9.04. The van der Waals surface area contributed by atoms with Crippen molar-refractivity contribution in [1.82, 2.24) is 9.88 Å². The molecule has 1 saturated carbocycles. The lowest BCUT2D eigenvalue weighted by molar-refractivity contribution is 0.0728. The third kappa shape index (κ3) is 3.70. The molecule has 1 saturated heterocycles. The number of carbonyl (C=O) groups excluding carboxylic acids is 1. The van der Waals surface area contributed by atoms with Crippen molar-refractivity contribution in [2.45, 2.75) is 25.4 Å². The van der Waals surface area contributed by atoms with Crippen molar-refractivity contribution in [1.29, 1.82) is 0 Å². The van der Waals surface area contributed by atoms with E-state index in [1.54, 1.807) is 35.5 Å². The molecule has 1 aromatic carbocycles. The molecule has 6 heteroatoms. The summed E-state index contributed by atoms with van der Waals surface area (Å²) in [6, 6.07) is 8.71. The molecule has 2 aromatic rings. The Morgan fingerprint density at radius 2 is 2.00 bits per heavy atom. The standard InChI is InChI=1S/C20H22FN3O2/c21-19-4-2-1-3-15(19)14-24(17-5-6-17)20(25)16-11-18(13-22-12-16)23-7-9-26-10-8-23/h1-4,11-13,17H,5-10,14H2. The van der Waals surface area contributed by atoms with Crippen molar-refractivity contribution in [2.24, 2.45) is 0 Å². The topological polar surface area (TPSA) is 45.7 Å². The molecule has 2 aliphatic rings. The van der Waals surface area contributed by atoms with Crippen molar-refractivity contribution < 1.29 is 13.9 Å². The number of amides is 1. The first kappa shape index (κ1) is 17.0. The second-order valence-corrected chi connectivity index (χ2v) is 6.79. The van der Waals surface area contributed by atoms with Crippen LogP contribution in [0.25, 0.3) is 0 Å². The van der Waals surface area contributed by atoms with Crippen LogP contribution in [0.15, 0.2) is 42.7 Å². The zero-order chi connectivity index (χ0) is 17.9. The number of carbonyl (C=O) groups is 1. The van der Waals surface area contributed by atoms with Gasteiger partial charge in [-0.15, -0.1) is 0 Å². The van der Waals surface area contributed by atoms with Gasteiger partial charge in [0.15, 0.2) is 0 Å². The van der Waals surface area contributed by atoms with E-state index in [1.165, 1.54) is 6.07 Å². The van der Waals surface area contributed by atoms with Crippen LogP contribution in [0.4, 0.5) is 10.1 Å². The zero-order valence-corrected chi connectivity index (χ0v) is 14.6. The van der Waals surface area contributed by atoms with Crippen LogP contribution in [-0.4, -0.2) is 48.1 Å². The first-order valence-electron chi connectivity index (χ1n) is 9.04. The van der Waals surface area contributed by atoms with Crippen LogP contribution < -0.4 is 4.90 Å². The number of nitrogens with zero attached hydrogens (tertiary/aromatic N) is 3. The van der Waals surface area contributed by atoms with Crippen molar-refractivity contribution in [3.63, 3.8) is 0 Å². The van der Waals surface area contributed by atoms with E-state index in [2.05, 4.69) is 9.88 Å². The first-order chi connectivity index (χ1) is 12.7. The minimum Gasteiger partial charge on any atom is -0.378 e. The summed E-state index contributed by atoms with van der Waals surface area (Å²) >= 11 is 0. The SMILES string of the molecule is O=C(c1cncc(N2CCOCC2)c1)N(Cc1ccccc1F)C1CC1. The fourth-order valence-corrected chi connectivity index (χ4v) is 3.27. The molecule has 0 unspecified atom stereocenters. The highest BCUT2D eigenvalue weighted by Crippen LogP contribution is 2.30. The van der Waals surface area contributed by atoms with E-state index >= 15 is 0 Å². The normalized spacial score (nSPS) is 17.2. The molecule has 1 aromatic heterocycles. The number of halogens is 1. The number of anilines is 1. The molecular formula is C20H22FN3O2. The third-order valence-electron chi connectivity index (χ3n) is 4.89. The Labute approximate surface area is 152 Å². The van der Waals surface area contributed by atoms with Crippen LogP contribution in [0.1, 0.15) is 28.8 Å². The van der Waals surface area contributed by atoms with Gasteiger partial charge in [-0.05, 0) is 25.0 Å². The minimum atomic E-state index is -0.272. The number of benzene rings is 1. The van der Waals surface area contributed by atoms with E-state index in [0.29, 0.717) is 24.3 Å². The lowest BCUT2D eigenvalue weighted by atomic mass is 10.1. The Morgan fingerprint density at radius 3 is 2.73 bits per heavy atom. The monoisotopic (exact) mass is 355 g/mol. The van der Waals surface area contributed by atoms with Gasteiger partial charge in [0.1, 0.15) is 5.82 Å². The molecule has 5 nitrogen and oxygen atoms in total.